The minimum absolute atomic E-state index is 0.626. The molecule has 0 spiro atoms. The van der Waals surface area contributed by atoms with Gasteiger partial charge < -0.3 is 23.7 Å². The summed E-state index contributed by atoms with van der Waals surface area (Å²) in [5.41, 5.74) is -4.38. The summed E-state index contributed by atoms with van der Waals surface area (Å²) in [7, 11) is 4.08. The van der Waals surface area contributed by atoms with E-state index >= 15 is 0 Å². The van der Waals surface area contributed by atoms with Crippen LogP contribution in [0.2, 0.25) is 0 Å². The Kier molecular flexibility index (Phi) is 4.33. The van der Waals surface area contributed by atoms with Crippen molar-refractivity contribution in [2.24, 2.45) is 0 Å². The molecule has 0 amide bonds. The molecule has 0 aliphatic carbocycles. The van der Waals surface area contributed by atoms with Crippen LogP contribution in [0, 0.1) is 0 Å². The zero-order valence-corrected chi connectivity index (χ0v) is 11.4. The fourth-order valence-corrected chi connectivity index (χ4v) is 1.92. The van der Waals surface area contributed by atoms with E-state index in [1.165, 1.54) is 0 Å². The molecular weight excluding hydrogens is 276 g/mol. The summed E-state index contributed by atoms with van der Waals surface area (Å²) in [5.74, 6) is -4.36. The monoisotopic (exact) mass is 290 g/mol. The lowest BCUT2D eigenvalue weighted by Gasteiger charge is -2.47. The van der Waals surface area contributed by atoms with Gasteiger partial charge in [-0.3, -0.25) is 0 Å². The van der Waals surface area contributed by atoms with Gasteiger partial charge in [-0.15, -0.1) is 0 Å². The molecule has 9 nitrogen and oxygen atoms in total. The highest BCUT2D eigenvalue weighted by molar-refractivity contribution is 6.13. The fourth-order valence-electron chi connectivity index (χ4n) is 1.92. The van der Waals surface area contributed by atoms with Gasteiger partial charge in [0.2, 0.25) is 0 Å². The van der Waals surface area contributed by atoms with Crippen LogP contribution in [0.15, 0.2) is 0 Å². The molecule has 0 unspecified atom stereocenters. The minimum Gasteiger partial charge on any atom is -0.466 e. The van der Waals surface area contributed by atoms with Gasteiger partial charge >= 0.3 is 23.9 Å². The standard InChI is InChI=1S/C11H14O9/c1-16-6(12)10(7(13)17-2)5-11(20-10,8(14)18-3)9(15)19-4/h5H2,1-4H3. The molecule has 0 aromatic rings. The highest BCUT2D eigenvalue weighted by Crippen LogP contribution is 2.45. The van der Waals surface area contributed by atoms with Crippen molar-refractivity contribution in [3.8, 4) is 0 Å². The smallest absolute Gasteiger partial charge is 0.350 e. The van der Waals surface area contributed by atoms with Crippen LogP contribution in [0.25, 0.3) is 0 Å². The van der Waals surface area contributed by atoms with Gasteiger partial charge in [-0.2, -0.15) is 0 Å². The van der Waals surface area contributed by atoms with Crippen molar-refractivity contribution in [1.82, 2.24) is 0 Å². The largest absolute Gasteiger partial charge is 0.466 e. The summed E-state index contributed by atoms with van der Waals surface area (Å²) < 4.78 is 22.8. The van der Waals surface area contributed by atoms with Crippen molar-refractivity contribution in [3.05, 3.63) is 0 Å². The molecule has 0 bridgehead atoms. The van der Waals surface area contributed by atoms with Gasteiger partial charge in [-0.05, 0) is 0 Å². The lowest BCUT2D eigenvalue weighted by Crippen LogP contribution is -2.74. The summed E-state index contributed by atoms with van der Waals surface area (Å²) in [6.45, 7) is 0. The van der Waals surface area contributed by atoms with Crippen LogP contribution in [-0.2, 0) is 42.9 Å². The summed E-state index contributed by atoms with van der Waals surface area (Å²) in [6, 6.07) is 0. The molecule has 9 heteroatoms. The fraction of sp³-hybridized carbons (Fsp3) is 0.636. The van der Waals surface area contributed by atoms with E-state index in [0.29, 0.717) is 0 Å². The number of carbonyl (C=O) groups excluding carboxylic acids is 4. The summed E-state index contributed by atoms with van der Waals surface area (Å²) in [6.07, 6.45) is -0.626. The van der Waals surface area contributed by atoms with Gasteiger partial charge in [-0.1, -0.05) is 0 Å². The third-order valence-electron chi connectivity index (χ3n) is 2.91. The number of rotatable bonds is 4. The van der Waals surface area contributed by atoms with Crippen LogP contribution in [0.5, 0.6) is 0 Å². The topological polar surface area (TPSA) is 114 Å². The average molecular weight is 290 g/mol. The van der Waals surface area contributed by atoms with E-state index in [-0.39, 0.29) is 0 Å². The molecule has 0 saturated carbocycles. The first-order valence-corrected chi connectivity index (χ1v) is 5.38. The van der Waals surface area contributed by atoms with E-state index in [1.54, 1.807) is 0 Å². The van der Waals surface area contributed by atoms with E-state index in [1.807, 2.05) is 0 Å². The van der Waals surface area contributed by atoms with Gasteiger partial charge in [0.05, 0.1) is 28.4 Å². The van der Waals surface area contributed by atoms with Crippen LogP contribution < -0.4 is 0 Å². The van der Waals surface area contributed by atoms with Gasteiger partial charge in [-0.25, -0.2) is 19.2 Å². The Balaban J connectivity index is 3.16. The van der Waals surface area contributed by atoms with Crippen LogP contribution in [-0.4, -0.2) is 63.5 Å². The zero-order chi connectivity index (χ0) is 15.6. The molecule has 1 heterocycles. The van der Waals surface area contributed by atoms with Gasteiger partial charge in [0.25, 0.3) is 11.2 Å². The number of carbonyl (C=O) groups is 4. The lowest BCUT2D eigenvalue weighted by molar-refractivity contribution is -0.271. The van der Waals surface area contributed by atoms with Crippen LogP contribution >= 0.6 is 0 Å². The van der Waals surface area contributed by atoms with Crippen molar-refractivity contribution in [2.45, 2.75) is 17.6 Å². The molecule has 0 aromatic heterocycles. The van der Waals surface area contributed by atoms with Crippen molar-refractivity contribution < 1.29 is 42.9 Å². The second-order valence-electron chi connectivity index (χ2n) is 3.90. The van der Waals surface area contributed by atoms with Crippen LogP contribution in [0.3, 0.4) is 0 Å². The Morgan fingerprint density at radius 2 is 0.900 bits per heavy atom. The predicted molar refractivity (Wildman–Crippen MR) is 59.2 cm³/mol. The summed E-state index contributed by atoms with van der Waals surface area (Å²) in [4.78, 5) is 46.7. The molecule has 1 aliphatic heterocycles. The Labute approximate surface area is 114 Å². The minimum atomic E-state index is -2.19. The highest BCUT2D eigenvalue weighted by Gasteiger charge is 2.75. The molecule has 20 heavy (non-hydrogen) atoms. The molecule has 1 fully saturated rings. The van der Waals surface area contributed by atoms with E-state index in [0.717, 1.165) is 28.4 Å². The Morgan fingerprint density at radius 1 is 0.700 bits per heavy atom. The normalized spacial score (nSPS) is 18.2. The van der Waals surface area contributed by atoms with Crippen molar-refractivity contribution in [2.75, 3.05) is 28.4 Å². The Bertz CT molecular complexity index is 371. The van der Waals surface area contributed by atoms with Crippen molar-refractivity contribution in [3.63, 3.8) is 0 Å². The SMILES string of the molecule is COC(=O)C1(C(=O)OC)CC(C(=O)OC)(C(=O)OC)O1. The Hall–Kier alpha value is -2.16. The number of ether oxygens (including phenoxy) is 5. The summed E-state index contributed by atoms with van der Waals surface area (Å²) in [5, 5.41) is 0. The van der Waals surface area contributed by atoms with Gasteiger partial charge in [0, 0.05) is 6.42 Å². The lowest BCUT2D eigenvalue weighted by atomic mass is 9.78. The Morgan fingerprint density at radius 3 is 1.05 bits per heavy atom. The predicted octanol–water partition coefficient (Wildman–Crippen LogP) is -1.42. The van der Waals surface area contributed by atoms with Crippen molar-refractivity contribution >= 4 is 23.9 Å². The maximum absolute atomic E-state index is 11.7. The summed E-state index contributed by atoms with van der Waals surface area (Å²) >= 11 is 0. The average Bonchev–Trinajstić information content (AvgIpc) is 2.44. The molecule has 0 atom stereocenters. The third-order valence-corrected chi connectivity index (χ3v) is 2.91. The first-order valence-electron chi connectivity index (χ1n) is 5.38. The maximum atomic E-state index is 11.7. The van der Waals surface area contributed by atoms with E-state index < -0.39 is 41.5 Å². The quantitative estimate of drug-likeness (QED) is 0.349. The number of hydrogen-bond donors (Lipinski definition) is 0. The molecule has 0 N–H and O–H groups in total. The van der Waals surface area contributed by atoms with Crippen LogP contribution in [0.1, 0.15) is 6.42 Å². The first kappa shape index (κ1) is 15.9. The van der Waals surface area contributed by atoms with Crippen LogP contribution in [0.4, 0.5) is 0 Å². The molecular formula is C11H14O9. The van der Waals surface area contributed by atoms with Crippen molar-refractivity contribution in [1.29, 1.82) is 0 Å². The van der Waals surface area contributed by atoms with Gasteiger partial charge in [0.1, 0.15) is 0 Å². The second kappa shape index (κ2) is 5.45. The molecule has 1 saturated heterocycles. The first-order chi connectivity index (χ1) is 9.34. The number of hydrogen-bond acceptors (Lipinski definition) is 9. The molecule has 1 aliphatic rings. The number of esters is 4. The maximum Gasteiger partial charge on any atom is 0.350 e. The van der Waals surface area contributed by atoms with E-state index in [9.17, 15) is 19.2 Å². The van der Waals surface area contributed by atoms with Gasteiger partial charge in [0.15, 0.2) is 0 Å². The zero-order valence-electron chi connectivity index (χ0n) is 11.4. The third kappa shape index (κ3) is 1.99. The number of methoxy groups -OCH3 is 4. The highest BCUT2D eigenvalue weighted by atomic mass is 16.7. The molecule has 0 aromatic carbocycles. The molecule has 1 rings (SSSR count). The second-order valence-corrected chi connectivity index (χ2v) is 3.90. The molecule has 0 radical (unpaired) electrons. The van der Waals surface area contributed by atoms with E-state index in [4.69, 9.17) is 4.74 Å². The molecule has 112 valence electrons. The van der Waals surface area contributed by atoms with E-state index in [2.05, 4.69) is 18.9 Å².